The lowest BCUT2D eigenvalue weighted by molar-refractivity contribution is -0.115. The lowest BCUT2D eigenvalue weighted by atomic mass is 9.97. The fraction of sp³-hybridized carbons (Fsp3) is 0.320. The number of halogens is 3. The van der Waals surface area contributed by atoms with Crippen molar-refractivity contribution in [3.05, 3.63) is 71.8 Å². The number of amides is 1. The number of benzene rings is 1. The molecule has 2 heterocycles. The van der Waals surface area contributed by atoms with Gasteiger partial charge in [-0.2, -0.15) is 13.4 Å². The van der Waals surface area contributed by atoms with Crippen molar-refractivity contribution in [2.75, 3.05) is 6.54 Å². The van der Waals surface area contributed by atoms with E-state index in [9.17, 15) is 26.4 Å². The Morgan fingerprint density at radius 1 is 1.27 bits per heavy atom. The molecule has 12 heteroatoms. The third kappa shape index (κ3) is 6.19. The molecule has 1 amide bonds. The molecule has 1 aliphatic heterocycles. The van der Waals surface area contributed by atoms with Crippen LogP contribution in [-0.2, 0) is 14.8 Å². The second-order valence-electron chi connectivity index (χ2n) is 9.11. The van der Waals surface area contributed by atoms with Crippen LogP contribution in [0.4, 0.5) is 13.2 Å². The molecule has 3 rings (SSSR count). The minimum absolute atomic E-state index is 0.0632. The average Bonchev–Trinajstić information content (AvgIpc) is 3.07. The zero-order valence-electron chi connectivity index (χ0n) is 20.8. The van der Waals surface area contributed by atoms with Crippen molar-refractivity contribution in [3.63, 3.8) is 0 Å². The number of carbonyl (C=O) groups excluding carboxylic acids is 1. The van der Waals surface area contributed by atoms with Gasteiger partial charge in [-0.1, -0.05) is 25.6 Å². The first kappa shape index (κ1) is 27.9. The van der Waals surface area contributed by atoms with E-state index in [4.69, 9.17) is 4.74 Å². The molecule has 0 aliphatic carbocycles. The molecule has 1 saturated heterocycles. The molecule has 0 radical (unpaired) electrons. The average molecular weight is 537 g/mol. The van der Waals surface area contributed by atoms with Crippen LogP contribution in [0.25, 0.3) is 0 Å². The van der Waals surface area contributed by atoms with Crippen molar-refractivity contribution in [2.45, 2.75) is 44.7 Å². The number of aliphatic imine (C=N–C) groups is 1. The number of carbonyl (C=O) groups is 1. The number of sulfonamides is 1. The number of hydrogen-bond acceptors (Lipinski definition) is 7. The molecule has 1 aromatic carbocycles. The zero-order valence-corrected chi connectivity index (χ0v) is 21.6. The Hall–Kier alpha value is -3.67. The van der Waals surface area contributed by atoms with E-state index in [0.717, 1.165) is 18.6 Å². The Balaban J connectivity index is 1.92. The molecule has 1 aliphatic rings. The van der Waals surface area contributed by atoms with E-state index < -0.39 is 50.0 Å². The molecule has 2 aromatic rings. The van der Waals surface area contributed by atoms with Crippen LogP contribution in [0.3, 0.4) is 0 Å². The van der Waals surface area contributed by atoms with Gasteiger partial charge in [0.25, 0.3) is 15.9 Å². The first-order valence-electron chi connectivity index (χ1n) is 11.3. The Kier molecular flexibility index (Phi) is 8.11. The minimum atomic E-state index is -4.56. The summed E-state index contributed by atoms with van der Waals surface area (Å²) in [7, 11) is -4.56. The summed E-state index contributed by atoms with van der Waals surface area (Å²) in [5.74, 6) is -5.70. The molecule has 37 heavy (non-hydrogen) atoms. The van der Waals surface area contributed by atoms with Gasteiger partial charge in [0.2, 0.25) is 11.6 Å². The van der Waals surface area contributed by atoms with Crippen LogP contribution < -0.4 is 9.46 Å². The van der Waals surface area contributed by atoms with Gasteiger partial charge < -0.3 is 9.64 Å². The fourth-order valence-corrected chi connectivity index (χ4v) is 5.14. The van der Waals surface area contributed by atoms with E-state index in [2.05, 4.69) is 23.5 Å². The maximum atomic E-state index is 13.9. The normalized spacial score (nSPS) is 18.0. The first-order valence-corrected chi connectivity index (χ1v) is 12.8. The van der Waals surface area contributed by atoms with E-state index in [-0.39, 0.29) is 16.9 Å². The van der Waals surface area contributed by atoms with E-state index in [1.165, 1.54) is 18.4 Å². The summed E-state index contributed by atoms with van der Waals surface area (Å²) in [5.41, 5.74) is -0.404. The van der Waals surface area contributed by atoms with Crippen LogP contribution in [0.5, 0.6) is 11.6 Å². The minimum Gasteiger partial charge on any atom is -0.433 e. The number of hydrogen-bond donors (Lipinski definition) is 1. The predicted octanol–water partition coefficient (Wildman–Crippen LogP) is 4.70. The highest BCUT2D eigenvalue weighted by atomic mass is 32.2. The van der Waals surface area contributed by atoms with Crippen molar-refractivity contribution in [2.24, 2.45) is 10.9 Å². The molecule has 1 atom stereocenters. The largest absolute Gasteiger partial charge is 0.433 e. The summed E-state index contributed by atoms with van der Waals surface area (Å²) >= 11 is 0. The molecule has 1 N–H and O–H groups in total. The molecule has 0 saturated carbocycles. The maximum absolute atomic E-state index is 13.9. The molecular weight excluding hydrogens is 509 g/mol. The van der Waals surface area contributed by atoms with Gasteiger partial charge in [-0.25, -0.2) is 22.9 Å². The van der Waals surface area contributed by atoms with Gasteiger partial charge in [0.05, 0.1) is 5.57 Å². The van der Waals surface area contributed by atoms with Crippen LogP contribution in [0, 0.1) is 23.4 Å². The predicted molar refractivity (Wildman–Crippen MR) is 132 cm³/mol. The molecule has 1 unspecified atom stereocenters. The van der Waals surface area contributed by atoms with Crippen molar-refractivity contribution in [3.8, 4) is 11.6 Å². The molecule has 0 spiro atoms. The van der Waals surface area contributed by atoms with Crippen LogP contribution >= 0.6 is 0 Å². The van der Waals surface area contributed by atoms with Gasteiger partial charge in [0, 0.05) is 36.5 Å². The molecule has 1 fully saturated rings. The van der Waals surface area contributed by atoms with Gasteiger partial charge in [-0.3, -0.25) is 4.79 Å². The first-order chi connectivity index (χ1) is 17.3. The number of aromatic nitrogens is 1. The topological polar surface area (TPSA) is 101 Å². The number of rotatable bonds is 8. The third-order valence-corrected chi connectivity index (χ3v) is 6.87. The van der Waals surface area contributed by atoms with Crippen molar-refractivity contribution in [1.82, 2.24) is 14.6 Å². The number of nitrogens with zero attached hydrogens (tertiary/aromatic N) is 3. The highest BCUT2D eigenvalue weighted by Gasteiger charge is 2.39. The second-order valence-corrected chi connectivity index (χ2v) is 10.7. The number of pyridine rings is 1. The lowest BCUT2D eigenvalue weighted by Crippen LogP contribution is -2.39. The Bertz CT molecular complexity index is 1370. The molecular formula is C25H27F3N4O4S. The Morgan fingerprint density at radius 2 is 1.92 bits per heavy atom. The highest BCUT2D eigenvalue weighted by molar-refractivity contribution is 7.90. The Labute approximate surface area is 213 Å². The van der Waals surface area contributed by atoms with Crippen molar-refractivity contribution in [1.29, 1.82) is 0 Å². The van der Waals surface area contributed by atoms with Crippen molar-refractivity contribution >= 4 is 22.1 Å². The van der Waals surface area contributed by atoms with E-state index >= 15 is 0 Å². The lowest BCUT2D eigenvalue weighted by Gasteiger charge is -2.34. The van der Waals surface area contributed by atoms with Crippen LogP contribution in [0.2, 0.25) is 0 Å². The van der Waals surface area contributed by atoms with E-state index in [0.29, 0.717) is 24.6 Å². The van der Waals surface area contributed by atoms with Crippen LogP contribution in [0.15, 0.2) is 64.4 Å². The smallest absolute Gasteiger partial charge is 0.281 e. The van der Waals surface area contributed by atoms with Gasteiger partial charge in [0.1, 0.15) is 11.6 Å². The summed E-state index contributed by atoms with van der Waals surface area (Å²) in [5, 5.41) is -0.652. The SMILES string of the molecule is C=C/C(C(=O)NS(=O)(=O)c1cccc(Oc2c(F)cc(F)cc2F)n1)=C(\N=CC)N1CC(C)CC1(C)C. The molecule has 8 nitrogen and oxygen atoms in total. The quantitative estimate of drug-likeness (QED) is 0.298. The number of ether oxygens (including phenoxy) is 1. The molecule has 1 aromatic heterocycles. The highest BCUT2D eigenvalue weighted by Crippen LogP contribution is 2.37. The standard InChI is InChI=1S/C25H27F3N4O4S/c1-6-17(23(29-7-2)32-14-15(3)13-25(32,4)5)24(33)31-37(34,35)21-10-8-9-20(30-21)36-22-18(27)11-16(26)12-19(22)28/h6-12,15H,1,13-14H2,2-5H3,(H,31,33)/b23-17-,29-7?. The zero-order chi connectivity index (χ0) is 27.5. The maximum Gasteiger partial charge on any atom is 0.281 e. The van der Waals surface area contributed by atoms with E-state index in [1.54, 1.807) is 6.92 Å². The summed E-state index contributed by atoms with van der Waals surface area (Å²) in [6.07, 6.45) is 3.56. The fourth-order valence-electron chi connectivity index (χ4n) is 4.21. The van der Waals surface area contributed by atoms with E-state index in [1.807, 2.05) is 23.5 Å². The number of likely N-dealkylation sites (tertiary alicyclic amines) is 1. The molecule has 198 valence electrons. The number of nitrogens with one attached hydrogen (secondary N) is 1. The summed E-state index contributed by atoms with van der Waals surface area (Å²) in [6.45, 7) is 12.0. The summed E-state index contributed by atoms with van der Waals surface area (Å²) in [4.78, 5) is 23.1. The van der Waals surface area contributed by atoms with Gasteiger partial charge in [-0.15, -0.1) is 0 Å². The second kappa shape index (κ2) is 10.8. The van der Waals surface area contributed by atoms with Crippen molar-refractivity contribution < 1.29 is 31.1 Å². The Morgan fingerprint density at radius 3 is 2.46 bits per heavy atom. The summed E-state index contributed by atoms with van der Waals surface area (Å²) in [6, 6.07) is 4.21. The third-order valence-electron chi connectivity index (χ3n) is 5.64. The summed E-state index contributed by atoms with van der Waals surface area (Å²) < 4.78 is 73.9. The van der Waals surface area contributed by atoms with Gasteiger partial charge in [-0.05, 0) is 39.2 Å². The molecule has 0 bridgehead atoms. The van der Waals surface area contributed by atoms with Crippen LogP contribution in [0.1, 0.15) is 34.1 Å². The van der Waals surface area contributed by atoms with Gasteiger partial charge >= 0.3 is 0 Å². The van der Waals surface area contributed by atoms with Crippen LogP contribution in [-0.4, -0.2) is 42.5 Å². The van der Waals surface area contributed by atoms with Gasteiger partial charge in [0.15, 0.2) is 16.7 Å². The monoisotopic (exact) mass is 536 g/mol.